The third kappa shape index (κ3) is 6.88. The van der Waals surface area contributed by atoms with Gasteiger partial charge in [-0.15, -0.1) is 0 Å². The molecule has 1 N–H and O–H groups in total. The fraction of sp³-hybridized carbons (Fsp3) is 0.323. The largest absolute Gasteiger partial charge is 0.497 e. The van der Waals surface area contributed by atoms with Gasteiger partial charge in [-0.3, -0.25) is 4.79 Å². The van der Waals surface area contributed by atoms with Crippen molar-refractivity contribution in [3.05, 3.63) is 82.7 Å². The molecule has 0 amide bonds. The number of aromatic nitrogens is 1. The maximum Gasteiger partial charge on any atom is 0.306 e. The predicted molar refractivity (Wildman–Crippen MR) is 146 cm³/mol. The molecule has 3 aromatic carbocycles. The molecule has 0 saturated carbocycles. The number of hydrogen-bond donors (Lipinski definition) is 1. The average Bonchev–Trinajstić information content (AvgIpc) is 3.37. The summed E-state index contributed by atoms with van der Waals surface area (Å²) in [6, 6.07) is 18.8. The third-order valence-electron chi connectivity index (χ3n) is 6.66. The van der Waals surface area contributed by atoms with Crippen LogP contribution in [-0.4, -0.2) is 30.3 Å². The number of carboxylic acid groups (broad SMARTS) is 1. The Hall–Kier alpha value is -4.51. The van der Waals surface area contributed by atoms with Gasteiger partial charge in [0.1, 0.15) is 17.9 Å². The minimum atomic E-state index is -0.861. The van der Waals surface area contributed by atoms with E-state index in [1.165, 1.54) is 0 Å². The van der Waals surface area contributed by atoms with Crippen molar-refractivity contribution >= 4 is 17.1 Å². The number of unbranched alkanes of at least 4 members (excludes halogenated alkanes) is 1. The van der Waals surface area contributed by atoms with Crippen LogP contribution >= 0.6 is 0 Å². The van der Waals surface area contributed by atoms with Crippen molar-refractivity contribution in [2.24, 2.45) is 5.92 Å². The molecule has 0 unspecified atom stereocenters. The summed E-state index contributed by atoms with van der Waals surface area (Å²) in [4.78, 5) is 16.3. The zero-order valence-electron chi connectivity index (χ0n) is 22.4. The van der Waals surface area contributed by atoms with E-state index in [0.29, 0.717) is 48.0 Å². The van der Waals surface area contributed by atoms with Crippen molar-refractivity contribution < 1.29 is 28.5 Å². The highest BCUT2D eigenvalue weighted by Crippen LogP contribution is 2.37. The van der Waals surface area contributed by atoms with Gasteiger partial charge in [-0.25, -0.2) is 4.98 Å². The van der Waals surface area contributed by atoms with Crippen LogP contribution in [0.4, 0.5) is 0 Å². The topological polar surface area (TPSA) is 115 Å². The van der Waals surface area contributed by atoms with Crippen LogP contribution < -0.4 is 14.2 Å². The number of ether oxygens (including phenoxy) is 3. The summed E-state index contributed by atoms with van der Waals surface area (Å²) in [5.41, 5.74) is 4.73. The van der Waals surface area contributed by atoms with Gasteiger partial charge in [0.05, 0.1) is 31.8 Å². The number of fused-ring (bicyclic) bond motifs is 1. The van der Waals surface area contributed by atoms with Gasteiger partial charge < -0.3 is 23.7 Å². The number of rotatable bonds is 13. The Morgan fingerprint density at radius 2 is 1.82 bits per heavy atom. The number of aryl methyl sites for hydroxylation is 2. The number of hydrogen-bond acceptors (Lipinski definition) is 7. The molecular weight excluding hydrogens is 496 g/mol. The zero-order chi connectivity index (χ0) is 27.8. The van der Waals surface area contributed by atoms with Gasteiger partial charge in [-0.2, -0.15) is 5.26 Å². The van der Waals surface area contributed by atoms with Crippen LogP contribution in [0.2, 0.25) is 0 Å². The van der Waals surface area contributed by atoms with Crippen LogP contribution in [0.3, 0.4) is 0 Å². The molecule has 0 aliphatic rings. The molecule has 0 radical (unpaired) electrons. The number of oxazole rings is 1. The molecule has 0 fully saturated rings. The highest BCUT2D eigenvalue weighted by molar-refractivity contribution is 5.74. The van der Waals surface area contributed by atoms with Crippen LogP contribution in [0.1, 0.15) is 47.9 Å². The molecule has 8 heteroatoms. The van der Waals surface area contributed by atoms with Gasteiger partial charge in [0, 0.05) is 18.1 Å². The maximum atomic E-state index is 11.7. The summed E-state index contributed by atoms with van der Waals surface area (Å²) in [6.45, 7) is 2.01. The summed E-state index contributed by atoms with van der Waals surface area (Å²) in [6.07, 6.45) is 3.41. The van der Waals surface area contributed by atoms with Crippen LogP contribution in [-0.2, 0) is 30.7 Å². The first-order valence-corrected chi connectivity index (χ1v) is 12.9. The first-order chi connectivity index (χ1) is 18.9. The SMILES string of the molecule is COc1ccc(COc2c(OC)ccc(CCCCc3nc4ccc(C#N)cc4o3)c2C[C@H](C)C(=O)O)cc1. The second-order valence-electron chi connectivity index (χ2n) is 9.42. The maximum absolute atomic E-state index is 11.7. The molecule has 4 rings (SSSR count). The van der Waals surface area contributed by atoms with Crippen LogP contribution in [0.15, 0.2) is 59.0 Å². The Balaban J connectivity index is 1.49. The van der Waals surface area contributed by atoms with E-state index in [1.54, 1.807) is 39.3 Å². The van der Waals surface area contributed by atoms with Gasteiger partial charge in [-0.1, -0.05) is 25.1 Å². The minimum absolute atomic E-state index is 0.309. The van der Waals surface area contributed by atoms with E-state index in [4.69, 9.17) is 23.9 Å². The highest BCUT2D eigenvalue weighted by Gasteiger charge is 2.21. The molecule has 39 heavy (non-hydrogen) atoms. The van der Waals surface area contributed by atoms with E-state index < -0.39 is 11.9 Å². The lowest BCUT2D eigenvalue weighted by Crippen LogP contribution is -2.15. The normalized spacial score (nSPS) is 11.6. The van der Waals surface area contributed by atoms with Gasteiger partial charge in [0.25, 0.3) is 0 Å². The molecule has 0 saturated heterocycles. The zero-order valence-corrected chi connectivity index (χ0v) is 22.4. The molecule has 8 nitrogen and oxygen atoms in total. The lowest BCUT2D eigenvalue weighted by Gasteiger charge is -2.20. The minimum Gasteiger partial charge on any atom is -0.497 e. The molecule has 1 aromatic heterocycles. The summed E-state index contributed by atoms with van der Waals surface area (Å²) in [7, 11) is 3.20. The number of carboxylic acids is 1. The first kappa shape index (κ1) is 27.5. The van der Waals surface area contributed by atoms with Gasteiger partial charge in [0.2, 0.25) is 0 Å². The fourth-order valence-electron chi connectivity index (χ4n) is 4.44. The Bertz CT molecular complexity index is 1470. The predicted octanol–water partition coefficient (Wildman–Crippen LogP) is 6.12. The van der Waals surface area contributed by atoms with E-state index in [9.17, 15) is 9.90 Å². The summed E-state index contributed by atoms with van der Waals surface area (Å²) in [5.74, 6) is 1.10. The summed E-state index contributed by atoms with van der Waals surface area (Å²) >= 11 is 0. The van der Waals surface area contributed by atoms with Crippen molar-refractivity contribution in [2.75, 3.05) is 14.2 Å². The third-order valence-corrected chi connectivity index (χ3v) is 6.66. The quantitative estimate of drug-likeness (QED) is 0.206. The second kappa shape index (κ2) is 12.8. The lowest BCUT2D eigenvalue weighted by atomic mass is 9.92. The Morgan fingerprint density at radius 1 is 1.05 bits per heavy atom. The van der Waals surface area contributed by atoms with Crippen molar-refractivity contribution in [1.29, 1.82) is 5.26 Å². The molecule has 4 aromatic rings. The molecule has 1 atom stereocenters. The number of carbonyl (C=O) groups is 1. The second-order valence-corrected chi connectivity index (χ2v) is 9.42. The van der Waals surface area contributed by atoms with Crippen molar-refractivity contribution in [2.45, 2.75) is 45.6 Å². The summed E-state index contributed by atoms with van der Waals surface area (Å²) in [5, 5.41) is 18.7. The number of methoxy groups -OCH3 is 2. The number of aliphatic carboxylic acids is 1. The Morgan fingerprint density at radius 3 is 2.51 bits per heavy atom. The summed E-state index contributed by atoms with van der Waals surface area (Å²) < 4.78 is 22.9. The van der Waals surface area contributed by atoms with Gasteiger partial charge >= 0.3 is 5.97 Å². The lowest BCUT2D eigenvalue weighted by molar-refractivity contribution is -0.141. The smallest absolute Gasteiger partial charge is 0.306 e. The van der Waals surface area contributed by atoms with Crippen molar-refractivity contribution in [1.82, 2.24) is 4.98 Å². The Labute approximate surface area is 227 Å². The van der Waals surface area contributed by atoms with E-state index in [-0.39, 0.29) is 0 Å². The first-order valence-electron chi connectivity index (χ1n) is 12.9. The number of benzene rings is 3. The molecule has 1 heterocycles. The van der Waals surface area contributed by atoms with Gasteiger partial charge in [-0.05, 0) is 67.1 Å². The Kier molecular flexibility index (Phi) is 9.06. The molecule has 0 aliphatic heterocycles. The molecule has 202 valence electrons. The number of nitriles is 1. The highest BCUT2D eigenvalue weighted by atomic mass is 16.5. The molecular formula is C31H32N2O6. The molecule has 0 spiro atoms. The van der Waals surface area contributed by atoms with E-state index >= 15 is 0 Å². The van der Waals surface area contributed by atoms with Crippen LogP contribution in [0.25, 0.3) is 11.1 Å². The van der Waals surface area contributed by atoms with E-state index in [0.717, 1.165) is 47.2 Å². The van der Waals surface area contributed by atoms with Crippen molar-refractivity contribution in [3.8, 4) is 23.3 Å². The standard InChI is InChI=1S/C31H32N2O6/c1-20(31(34)35)16-25-23(6-4-5-7-29-33-26-14-10-22(18-32)17-28(26)39-29)11-15-27(37-3)30(25)38-19-21-8-12-24(36-2)13-9-21/h8-15,17,20H,4-7,16,19H2,1-3H3,(H,34,35)/t20-/m0/s1. The van der Waals surface area contributed by atoms with E-state index in [2.05, 4.69) is 11.1 Å². The molecule has 0 bridgehead atoms. The molecule has 0 aliphatic carbocycles. The fourth-order valence-corrected chi connectivity index (χ4v) is 4.44. The average molecular weight is 529 g/mol. The van der Waals surface area contributed by atoms with E-state index in [1.807, 2.05) is 36.4 Å². The van der Waals surface area contributed by atoms with Gasteiger partial charge in [0.15, 0.2) is 23.0 Å². The van der Waals surface area contributed by atoms with Crippen LogP contribution in [0.5, 0.6) is 17.2 Å². The van der Waals surface area contributed by atoms with Crippen LogP contribution in [0, 0.1) is 17.2 Å². The number of nitrogens with zero attached hydrogens (tertiary/aromatic N) is 2. The van der Waals surface area contributed by atoms with Crippen molar-refractivity contribution in [3.63, 3.8) is 0 Å². The monoisotopic (exact) mass is 528 g/mol.